The van der Waals surface area contributed by atoms with E-state index >= 15 is 0 Å². The average Bonchev–Trinajstić information content (AvgIpc) is 2.12. The fraction of sp³-hybridized carbons (Fsp3) is 1.00. The summed E-state index contributed by atoms with van der Waals surface area (Å²) in [7, 11) is 0. The molecule has 1 nitrogen and oxygen atoms in total. The van der Waals surface area contributed by atoms with Crippen molar-refractivity contribution in [2.75, 3.05) is 0 Å². The first-order chi connectivity index (χ1) is 7.56. The highest BCUT2D eigenvalue weighted by Crippen LogP contribution is 2.36. The molecule has 0 heterocycles. The van der Waals surface area contributed by atoms with Crippen LogP contribution in [-0.2, 0) is 0 Å². The molecular formula is C15H29N. The summed E-state index contributed by atoms with van der Waals surface area (Å²) in [5.41, 5.74) is 0. The highest BCUT2D eigenvalue weighted by Gasteiger charge is 2.34. The van der Waals surface area contributed by atoms with Gasteiger partial charge >= 0.3 is 0 Å². The quantitative estimate of drug-likeness (QED) is 0.766. The molecule has 1 heteroatoms. The molecule has 0 amide bonds. The van der Waals surface area contributed by atoms with Crippen LogP contribution in [0.15, 0.2) is 0 Å². The Labute approximate surface area is 101 Å². The summed E-state index contributed by atoms with van der Waals surface area (Å²) >= 11 is 0. The van der Waals surface area contributed by atoms with E-state index in [4.69, 9.17) is 0 Å². The fourth-order valence-electron chi connectivity index (χ4n) is 3.56. The molecule has 16 heavy (non-hydrogen) atoms. The van der Waals surface area contributed by atoms with Crippen LogP contribution in [0.3, 0.4) is 0 Å². The summed E-state index contributed by atoms with van der Waals surface area (Å²) in [6.45, 7) is 9.58. The maximum Gasteiger partial charge on any atom is 0.00954 e. The topological polar surface area (TPSA) is 12.0 Å². The Morgan fingerprint density at radius 3 is 2.25 bits per heavy atom. The van der Waals surface area contributed by atoms with Gasteiger partial charge in [0, 0.05) is 12.1 Å². The van der Waals surface area contributed by atoms with E-state index < -0.39 is 0 Å². The van der Waals surface area contributed by atoms with Gasteiger partial charge in [-0.2, -0.15) is 0 Å². The van der Waals surface area contributed by atoms with Crippen LogP contribution < -0.4 is 5.32 Å². The van der Waals surface area contributed by atoms with Crippen molar-refractivity contribution >= 4 is 0 Å². The van der Waals surface area contributed by atoms with E-state index in [9.17, 15) is 0 Å². The number of nitrogens with one attached hydrogen (secondary N) is 1. The first-order valence-electron chi connectivity index (χ1n) is 7.32. The summed E-state index contributed by atoms with van der Waals surface area (Å²) in [5, 5.41) is 3.91. The van der Waals surface area contributed by atoms with E-state index in [1.165, 1.54) is 32.1 Å². The molecule has 0 aromatic heterocycles. The maximum absolute atomic E-state index is 3.91. The predicted molar refractivity (Wildman–Crippen MR) is 70.5 cm³/mol. The van der Waals surface area contributed by atoms with Gasteiger partial charge in [0.25, 0.3) is 0 Å². The zero-order valence-electron chi connectivity index (χ0n) is 11.5. The number of hydrogen-bond acceptors (Lipinski definition) is 1. The van der Waals surface area contributed by atoms with Crippen LogP contribution in [0.2, 0.25) is 0 Å². The van der Waals surface area contributed by atoms with Gasteiger partial charge < -0.3 is 5.32 Å². The lowest BCUT2D eigenvalue weighted by molar-refractivity contribution is 0.126. The minimum atomic E-state index is 0.814. The van der Waals surface area contributed by atoms with Crippen molar-refractivity contribution in [1.29, 1.82) is 0 Å². The molecule has 0 saturated heterocycles. The lowest BCUT2D eigenvalue weighted by Crippen LogP contribution is -2.50. The summed E-state index contributed by atoms with van der Waals surface area (Å²) in [5.74, 6) is 3.73. The second-order valence-corrected chi connectivity index (χ2v) is 6.84. The van der Waals surface area contributed by atoms with Gasteiger partial charge in [0.1, 0.15) is 0 Å². The molecular weight excluding hydrogens is 194 g/mol. The van der Waals surface area contributed by atoms with Crippen LogP contribution in [0.25, 0.3) is 0 Å². The van der Waals surface area contributed by atoms with Gasteiger partial charge in [-0.3, -0.25) is 0 Å². The molecule has 94 valence electrons. The molecule has 1 N–H and O–H groups in total. The molecule has 2 aliphatic rings. The first-order valence-corrected chi connectivity index (χ1v) is 7.32. The molecule has 2 saturated carbocycles. The zero-order valence-corrected chi connectivity index (χ0v) is 11.5. The van der Waals surface area contributed by atoms with E-state index in [1.807, 2.05) is 0 Å². The van der Waals surface area contributed by atoms with Crippen molar-refractivity contribution in [3.05, 3.63) is 0 Å². The van der Waals surface area contributed by atoms with Gasteiger partial charge in [-0.05, 0) is 55.8 Å². The molecule has 0 aliphatic heterocycles. The Kier molecular flexibility index (Phi) is 3.94. The van der Waals surface area contributed by atoms with Gasteiger partial charge in [0.05, 0.1) is 0 Å². The van der Waals surface area contributed by atoms with Crippen LogP contribution in [0.5, 0.6) is 0 Å². The predicted octanol–water partition coefficient (Wildman–Crippen LogP) is 3.84. The van der Waals surface area contributed by atoms with Crippen molar-refractivity contribution in [3.63, 3.8) is 0 Å². The lowest BCUT2D eigenvalue weighted by atomic mass is 9.72. The second kappa shape index (κ2) is 5.08. The molecule has 0 aromatic rings. The standard InChI is InChI=1S/C15H29N/c1-10(2)13-8-14(9-13)16-15-6-5-11(3)7-12(15)4/h10-16H,5-9H2,1-4H3. The van der Waals surface area contributed by atoms with E-state index in [0.29, 0.717) is 0 Å². The SMILES string of the molecule is CC1CCC(NC2CC(C(C)C)C2)C(C)C1. The van der Waals surface area contributed by atoms with E-state index in [2.05, 4.69) is 33.0 Å². The van der Waals surface area contributed by atoms with E-state index in [-0.39, 0.29) is 0 Å². The summed E-state index contributed by atoms with van der Waals surface area (Å²) in [6, 6.07) is 1.66. The molecule has 2 rings (SSSR count). The van der Waals surface area contributed by atoms with Crippen molar-refractivity contribution in [2.24, 2.45) is 23.7 Å². The monoisotopic (exact) mass is 223 g/mol. The Bertz CT molecular complexity index is 217. The molecule has 2 aliphatic carbocycles. The molecule has 3 atom stereocenters. The Balaban J connectivity index is 1.71. The van der Waals surface area contributed by atoms with Crippen LogP contribution >= 0.6 is 0 Å². The molecule has 0 bridgehead atoms. The summed E-state index contributed by atoms with van der Waals surface area (Å²) in [6.07, 6.45) is 7.12. The second-order valence-electron chi connectivity index (χ2n) is 6.84. The normalized spacial score (nSPS) is 44.4. The third-order valence-electron chi connectivity index (χ3n) is 5.00. The van der Waals surface area contributed by atoms with Crippen LogP contribution in [0, 0.1) is 23.7 Å². The third kappa shape index (κ3) is 2.80. The van der Waals surface area contributed by atoms with Gasteiger partial charge in [-0.25, -0.2) is 0 Å². The fourth-order valence-corrected chi connectivity index (χ4v) is 3.56. The lowest BCUT2D eigenvalue weighted by Gasteiger charge is -2.43. The summed E-state index contributed by atoms with van der Waals surface area (Å²) in [4.78, 5) is 0. The highest BCUT2D eigenvalue weighted by atomic mass is 15.0. The van der Waals surface area contributed by atoms with Gasteiger partial charge in [-0.1, -0.05) is 27.7 Å². The van der Waals surface area contributed by atoms with Crippen molar-refractivity contribution in [1.82, 2.24) is 5.32 Å². The minimum absolute atomic E-state index is 0.814. The van der Waals surface area contributed by atoms with Crippen LogP contribution in [0.4, 0.5) is 0 Å². The van der Waals surface area contributed by atoms with Crippen molar-refractivity contribution in [3.8, 4) is 0 Å². The van der Waals surface area contributed by atoms with Crippen LogP contribution in [0.1, 0.15) is 59.8 Å². The first kappa shape index (κ1) is 12.4. The largest absolute Gasteiger partial charge is 0.311 e. The summed E-state index contributed by atoms with van der Waals surface area (Å²) < 4.78 is 0. The van der Waals surface area contributed by atoms with Crippen LogP contribution in [-0.4, -0.2) is 12.1 Å². The van der Waals surface area contributed by atoms with Gasteiger partial charge in [0.15, 0.2) is 0 Å². The average molecular weight is 223 g/mol. The third-order valence-corrected chi connectivity index (χ3v) is 5.00. The Morgan fingerprint density at radius 1 is 1.00 bits per heavy atom. The molecule has 0 radical (unpaired) electrons. The van der Waals surface area contributed by atoms with Gasteiger partial charge in [-0.15, -0.1) is 0 Å². The Hall–Kier alpha value is -0.0400. The van der Waals surface area contributed by atoms with Gasteiger partial charge in [0.2, 0.25) is 0 Å². The van der Waals surface area contributed by atoms with Crippen molar-refractivity contribution in [2.45, 2.75) is 71.9 Å². The molecule has 0 aromatic carbocycles. The minimum Gasteiger partial charge on any atom is -0.311 e. The smallest absolute Gasteiger partial charge is 0.00954 e. The zero-order chi connectivity index (χ0) is 11.7. The highest BCUT2D eigenvalue weighted by molar-refractivity contribution is 4.91. The maximum atomic E-state index is 3.91. The number of hydrogen-bond donors (Lipinski definition) is 1. The molecule has 0 spiro atoms. The van der Waals surface area contributed by atoms with Crippen molar-refractivity contribution < 1.29 is 0 Å². The number of rotatable bonds is 3. The van der Waals surface area contributed by atoms with E-state index in [0.717, 1.165) is 35.8 Å². The molecule has 3 unspecified atom stereocenters. The Morgan fingerprint density at radius 2 is 1.69 bits per heavy atom. The van der Waals surface area contributed by atoms with E-state index in [1.54, 1.807) is 0 Å². The molecule has 2 fully saturated rings.